The Morgan fingerprint density at radius 2 is 1.86 bits per heavy atom. The topological polar surface area (TPSA) is 66.4 Å². The highest BCUT2D eigenvalue weighted by Crippen LogP contribution is 2.26. The lowest BCUT2D eigenvalue weighted by atomic mass is 10.2. The van der Waals surface area contributed by atoms with E-state index in [9.17, 15) is 8.42 Å². The van der Waals surface area contributed by atoms with E-state index >= 15 is 0 Å². The number of fused-ring (bicyclic) bond motifs is 1. The maximum absolute atomic E-state index is 11.5. The second-order valence-corrected chi connectivity index (χ2v) is 7.43. The van der Waals surface area contributed by atoms with Crippen LogP contribution in [-0.2, 0) is 10.0 Å². The molecular formula is C13H15ClN4O2S. The highest BCUT2D eigenvalue weighted by Gasteiger charge is 2.24. The van der Waals surface area contributed by atoms with Crippen LogP contribution in [0.2, 0.25) is 5.02 Å². The van der Waals surface area contributed by atoms with Gasteiger partial charge < -0.3 is 4.90 Å². The molecule has 0 radical (unpaired) electrons. The van der Waals surface area contributed by atoms with Crippen molar-refractivity contribution in [2.24, 2.45) is 0 Å². The fourth-order valence-electron chi connectivity index (χ4n) is 2.50. The molecule has 0 amide bonds. The second-order valence-electron chi connectivity index (χ2n) is 5.01. The lowest BCUT2D eigenvalue weighted by Crippen LogP contribution is -2.48. The van der Waals surface area contributed by atoms with Gasteiger partial charge in [-0.25, -0.2) is 18.4 Å². The zero-order valence-corrected chi connectivity index (χ0v) is 13.1. The average Bonchev–Trinajstić information content (AvgIpc) is 2.45. The van der Waals surface area contributed by atoms with Crippen LogP contribution in [0.5, 0.6) is 0 Å². The molecule has 0 unspecified atom stereocenters. The standard InChI is InChI=1S/C13H15ClN4O2S/c1-21(19,20)18-6-4-17(5-7-18)13-11-3-2-10(14)8-12(11)15-9-16-13/h2-3,8-9H,4-7H2,1H3. The molecule has 2 heterocycles. The Morgan fingerprint density at radius 1 is 1.14 bits per heavy atom. The summed E-state index contributed by atoms with van der Waals surface area (Å²) in [6, 6.07) is 5.51. The Balaban J connectivity index is 1.89. The van der Waals surface area contributed by atoms with Crippen LogP contribution in [0, 0.1) is 0 Å². The van der Waals surface area contributed by atoms with Crippen LogP contribution in [0.3, 0.4) is 0 Å². The minimum atomic E-state index is -3.12. The van der Waals surface area contributed by atoms with Crippen LogP contribution < -0.4 is 4.90 Å². The first-order valence-electron chi connectivity index (χ1n) is 6.55. The molecule has 1 saturated heterocycles. The van der Waals surface area contributed by atoms with Crippen molar-refractivity contribution < 1.29 is 8.42 Å². The van der Waals surface area contributed by atoms with E-state index in [0.29, 0.717) is 31.2 Å². The maximum atomic E-state index is 11.5. The molecule has 0 N–H and O–H groups in total. The number of anilines is 1. The van der Waals surface area contributed by atoms with Gasteiger partial charge in [0.1, 0.15) is 12.1 Å². The van der Waals surface area contributed by atoms with Gasteiger partial charge in [0.25, 0.3) is 0 Å². The van der Waals surface area contributed by atoms with Crippen molar-refractivity contribution in [3.63, 3.8) is 0 Å². The lowest BCUT2D eigenvalue weighted by molar-refractivity contribution is 0.387. The molecule has 2 aromatic rings. The molecule has 1 aliphatic heterocycles. The average molecular weight is 327 g/mol. The molecule has 0 bridgehead atoms. The Kier molecular flexibility index (Phi) is 3.73. The number of halogens is 1. The van der Waals surface area contributed by atoms with Crippen molar-refractivity contribution in [2.45, 2.75) is 0 Å². The van der Waals surface area contributed by atoms with Crippen LogP contribution in [-0.4, -0.2) is 55.1 Å². The van der Waals surface area contributed by atoms with Crippen LogP contribution in [0.1, 0.15) is 0 Å². The SMILES string of the molecule is CS(=O)(=O)N1CCN(c2ncnc3cc(Cl)ccc23)CC1. The summed E-state index contributed by atoms with van der Waals surface area (Å²) < 4.78 is 24.6. The summed E-state index contributed by atoms with van der Waals surface area (Å²) in [6.45, 7) is 2.17. The Hall–Kier alpha value is -1.44. The largest absolute Gasteiger partial charge is 0.353 e. The Labute approximate surface area is 128 Å². The third-order valence-electron chi connectivity index (χ3n) is 3.58. The molecule has 3 rings (SSSR count). The van der Waals surface area contributed by atoms with E-state index in [1.807, 2.05) is 12.1 Å². The predicted molar refractivity (Wildman–Crippen MR) is 83.2 cm³/mol. The van der Waals surface area contributed by atoms with Gasteiger partial charge in [-0.3, -0.25) is 0 Å². The smallest absolute Gasteiger partial charge is 0.211 e. The van der Waals surface area contributed by atoms with Gasteiger partial charge in [0.05, 0.1) is 11.8 Å². The first-order valence-corrected chi connectivity index (χ1v) is 8.78. The highest BCUT2D eigenvalue weighted by atomic mass is 35.5. The van der Waals surface area contributed by atoms with E-state index in [1.165, 1.54) is 16.9 Å². The Morgan fingerprint density at radius 3 is 2.52 bits per heavy atom. The zero-order valence-electron chi connectivity index (χ0n) is 11.5. The summed E-state index contributed by atoms with van der Waals surface area (Å²) in [4.78, 5) is 10.7. The number of aromatic nitrogens is 2. The van der Waals surface area contributed by atoms with Gasteiger partial charge >= 0.3 is 0 Å². The molecule has 0 saturated carbocycles. The predicted octanol–water partition coefficient (Wildman–Crippen LogP) is 1.36. The summed E-state index contributed by atoms with van der Waals surface area (Å²) in [6.07, 6.45) is 2.75. The quantitative estimate of drug-likeness (QED) is 0.833. The zero-order chi connectivity index (χ0) is 15.0. The third kappa shape index (κ3) is 2.95. The molecule has 8 heteroatoms. The molecule has 1 aliphatic rings. The number of sulfonamides is 1. The van der Waals surface area contributed by atoms with E-state index in [2.05, 4.69) is 14.9 Å². The van der Waals surface area contributed by atoms with Crippen LogP contribution in [0.25, 0.3) is 10.9 Å². The first-order chi connectivity index (χ1) is 9.95. The number of piperazine rings is 1. The fourth-order valence-corrected chi connectivity index (χ4v) is 3.49. The summed E-state index contributed by atoms with van der Waals surface area (Å²) >= 11 is 5.98. The molecule has 0 spiro atoms. The van der Waals surface area contributed by atoms with E-state index in [-0.39, 0.29) is 0 Å². The minimum absolute atomic E-state index is 0.470. The monoisotopic (exact) mass is 326 g/mol. The van der Waals surface area contributed by atoms with Gasteiger partial charge in [-0.2, -0.15) is 4.31 Å². The van der Waals surface area contributed by atoms with Gasteiger partial charge in [-0.15, -0.1) is 0 Å². The highest BCUT2D eigenvalue weighted by molar-refractivity contribution is 7.88. The molecule has 112 valence electrons. The maximum Gasteiger partial charge on any atom is 0.211 e. The summed E-state index contributed by atoms with van der Waals surface area (Å²) in [5.41, 5.74) is 0.790. The number of hydrogen-bond donors (Lipinski definition) is 0. The van der Waals surface area contributed by atoms with Crippen LogP contribution >= 0.6 is 11.6 Å². The van der Waals surface area contributed by atoms with Crippen LogP contribution in [0.15, 0.2) is 24.5 Å². The first kappa shape index (κ1) is 14.5. The van der Waals surface area contributed by atoms with E-state index < -0.39 is 10.0 Å². The summed E-state index contributed by atoms with van der Waals surface area (Å²) in [7, 11) is -3.12. The lowest BCUT2D eigenvalue weighted by Gasteiger charge is -2.34. The fraction of sp³-hybridized carbons (Fsp3) is 0.385. The number of benzene rings is 1. The van der Waals surface area contributed by atoms with Gasteiger partial charge in [0.2, 0.25) is 10.0 Å². The molecule has 1 fully saturated rings. The Bertz CT molecular complexity index is 773. The van der Waals surface area contributed by atoms with Crippen molar-refractivity contribution in [3.05, 3.63) is 29.5 Å². The van der Waals surface area contributed by atoms with E-state index in [1.54, 1.807) is 6.07 Å². The number of hydrogen-bond acceptors (Lipinski definition) is 5. The molecule has 21 heavy (non-hydrogen) atoms. The molecular weight excluding hydrogens is 312 g/mol. The molecule has 0 atom stereocenters. The third-order valence-corrected chi connectivity index (χ3v) is 5.12. The van der Waals surface area contributed by atoms with E-state index in [0.717, 1.165) is 16.7 Å². The van der Waals surface area contributed by atoms with Crippen LogP contribution in [0.4, 0.5) is 5.82 Å². The normalized spacial score (nSPS) is 17.3. The van der Waals surface area contributed by atoms with Crippen molar-refractivity contribution in [3.8, 4) is 0 Å². The van der Waals surface area contributed by atoms with Gasteiger partial charge in [-0.1, -0.05) is 11.6 Å². The van der Waals surface area contributed by atoms with Crippen molar-refractivity contribution in [1.82, 2.24) is 14.3 Å². The minimum Gasteiger partial charge on any atom is -0.353 e. The molecule has 0 aliphatic carbocycles. The van der Waals surface area contributed by atoms with Crippen molar-refractivity contribution in [1.29, 1.82) is 0 Å². The molecule has 1 aromatic carbocycles. The van der Waals surface area contributed by atoms with E-state index in [4.69, 9.17) is 11.6 Å². The van der Waals surface area contributed by atoms with Gasteiger partial charge in [0.15, 0.2) is 0 Å². The molecule has 6 nitrogen and oxygen atoms in total. The van der Waals surface area contributed by atoms with Gasteiger partial charge in [-0.05, 0) is 18.2 Å². The number of rotatable bonds is 2. The van der Waals surface area contributed by atoms with Gasteiger partial charge in [0, 0.05) is 36.6 Å². The van der Waals surface area contributed by atoms with Crippen molar-refractivity contribution >= 4 is 38.3 Å². The van der Waals surface area contributed by atoms with Crippen molar-refractivity contribution in [2.75, 3.05) is 37.3 Å². The molecule has 1 aromatic heterocycles. The second kappa shape index (κ2) is 5.40. The number of nitrogens with zero attached hydrogens (tertiary/aromatic N) is 4. The summed E-state index contributed by atoms with van der Waals surface area (Å²) in [5.74, 6) is 0.824. The summed E-state index contributed by atoms with van der Waals surface area (Å²) in [5, 5.41) is 1.56.